The molecule has 3 nitrogen and oxygen atoms in total. The second-order valence-electron chi connectivity index (χ2n) is 5.51. The molecule has 0 radical (unpaired) electrons. The van der Waals surface area contributed by atoms with Gasteiger partial charge in [0.15, 0.2) is 0 Å². The van der Waals surface area contributed by atoms with E-state index in [4.69, 9.17) is 5.73 Å². The maximum absolute atomic E-state index is 6.11. The summed E-state index contributed by atoms with van der Waals surface area (Å²) in [4.78, 5) is 4.39. The zero-order valence-electron chi connectivity index (χ0n) is 11.0. The number of hydrogen-bond acceptors (Lipinski definition) is 3. The van der Waals surface area contributed by atoms with Crippen LogP contribution in [-0.2, 0) is 0 Å². The van der Waals surface area contributed by atoms with Crippen LogP contribution in [0.1, 0.15) is 26.2 Å². The molecule has 2 atom stereocenters. The number of rotatable bonds is 2. The van der Waals surface area contributed by atoms with E-state index in [0.717, 1.165) is 32.7 Å². The van der Waals surface area contributed by atoms with Gasteiger partial charge in [-0.2, -0.15) is 0 Å². The number of fused-ring (bicyclic) bond motifs is 1. The molecule has 0 aliphatic heterocycles. The van der Waals surface area contributed by atoms with E-state index in [1.54, 1.807) is 6.20 Å². The lowest BCUT2D eigenvalue weighted by atomic mass is 10.1. The van der Waals surface area contributed by atoms with Crippen LogP contribution in [-0.4, -0.2) is 11.0 Å². The summed E-state index contributed by atoms with van der Waals surface area (Å²) in [5.41, 5.74) is 8.85. The zero-order valence-corrected chi connectivity index (χ0v) is 12.6. The Bertz CT molecular complexity index is 606. The summed E-state index contributed by atoms with van der Waals surface area (Å²) in [6, 6.07) is 6.63. The van der Waals surface area contributed by atoms with E-state index < -0.39 is 0 Å². The first-order valence-electron chi connectivity index (χ1n) is 6.74. The van der Waals surface area contributed by atoms with E-state index in [-0.39, 0.29) is 0 Å². The summed E-state index contributed by atoms with van der Waals surface area (Å²) in [6.45, 7) is 2.31. The van der Waals surface area contributed by atoms with E-state index in [1.807, 2.05) is 12.1 Å². The fourth-order valence-electron chi connectivity index (χ4n) is 2.88. The minimum Gasteiger partial charge on any atom is -0.396 e. The highest BCUT2D eigenvalue weighted by atomic mass is 79.9. The van der Waals surface area contributed by atoms with E-state index in [2.05, 4.69) is 39.2 Å². The van der Waals surface area contributed by atoms with Gasteiger partial charge >= 0.3 is 0 Å². The molecule has 4 heteroatoms. The summed E-state index contributed by atoms with van der Waals surface area (Å²) < 4.78 is 1.05. The minimum atomic E-state index is 0.530. The Morgan fingerprint density at radius 3 is 2.95 bits per heavy atom. The third kappa shape index (κ3) is 2.54. The molecule has 0 saturated heterocycles. The van der Waals surface area contributed by atoms with Gasteiger partial charge in [-0.3, -0.25) is 4.98 Å². The highest BCUT2D eigenvalue weighted by Gasteiger charge is 2.22. The standard InChI is InChI=1S/C15H18BrN3/c1-9-2-4-11(6-9)19-15-12-7-10(16)3-5-14(12)18-8-13(15)17/h3,5,7-9,11H,2,4,6,17H2,1H3,(H,18,19). The Balaban J connectivity index is 2.01. The van der Waals surface area contributed by atoms with Crippen LogP contribution in [0.4, 0.5) is 11.4 Å². The van der Waals surface area contributed by atoms with Gasteiger partial charge in [0.05, 0.1) is 23.1 Å². The molecule has 0 spiro atoms. The highest BCUT2D eigenvalue weighted by molar-refractivity contribution is 9.10. The predicted octanol–water partition coefficient (Wildman–Crippen LogP) is 4.18. The number of nitrogen functional groups attached to an aromatic ring is 1. The number of aromatic nitrogens is 1. The second-order valence-corrected chi connectivity index (χ2v) is 6.43. The highest BCUT2D eigenvalue weighted by Crippen LogP contribution is 2.34. The van der Waals surface area contributed by atoms with Crippen molar-refractivity contribution in [1.82, 2.24) is 4.98 Å². The van der Waals surface area contributed by atoms with Crippen LogP contribution >= 0.6 is 15.9 Å². The van der Waals surface area contributed by atoms with Crippen LogP contribution < -0.4 is 11.1 Å². The molecule has 0 amide bonds. The lowest BCUT2D eigenvalue weighted by molar-refractivity contribution is 0.603. The van der Waals surface area contributed by atoms with Gasteiger partial charge in [-0.1, -0.05) is 22.9 Å². The molecule has 2 aromatic rings. The number of pyridine rings is 1. The number of nitrogens with zero attached hydrogens (tertiary/aromatic N) is 1. The van der Waals surface area contributed by atoms with Gasteiger partial charge in [0.1, 0.15) is 0 Å². The Morgan fingerprint density at radius 1 is 1.37 bits per heavy atom. The summed E-state index contributed by atoms with van der Waals surface area (Å²) >= 11 is 3.52. The third-order valence-electron chi connectivity index (χ3n) is 3.90. The van der Waals surface area contributed by atoms with Crippen LogP contribution in [0.2, 0.25) is 0 Å². The largest absolute Gasteiger partial charge is 0.396 e. The number of halogens is 1. The van der Waals surface area contributed by atoms with Crippen LogP contribution in [0, 0.1) is 5.92 Å². The number of nitrogens with two attached hydrogens (primary N) is 1. The van der Waals surface area contributed by atoms with Gasteiger partial charge in [-0.05, 0) is 43.4 Å². The summed E-state index contributed by atoms with van der Waals surface area (Å²) in [5.74, 6) is 0.804. The minimum absolute atomic E-state index is 0.530. The average molecular weight is 320 g/mol. The van der Waals surface area contributed by atoms with Gasteiger partial charge < -0.3 is 11.1 Å². The first-order valence-corrected chi connectivity index (χ1v) is 7.53. The van der Waals surface area contributed by atoms with Crippen molar-refractivity contribution in [2.24, 2.45) is 5.92 Å². The molecule has 1 aliphatic rings. The van der Waals surface area contributed by atoms with Crippen molar-refractivity contribution in [2.75, 3.05) is 11.1 Å². The van der Waals surface area contributed by atoms with E-state index in [9.17, 15) is 0 Å². The van der Waals surface area contributed by atoms with Crippen LogP contribution in [0.25, 0.3) is 10.9 Å². The number of anilines is 2. The summed E-state index contributed by atoms with van der Waals surface area (Å²) in [5, 5.41) is 4.72. The predicted molar refractivity (Wildman–Crippen MR) is 84.3 cm³/mol. The molecule has 19 heavy (non-hydrogen) atoms. The van der Waals surface area contributed by atoms with Crippen LogP contribution in [0.5, 0.6) is 0 Å². The molecule has 1 aliphatic carbocycles. The molecule has 0 bridgehead atoms. The van der Waals surface area contributed by atoms with Gasteiger partial charge in [0.25, 0.3) is 0 Å². The molecule has 1 aromatic carbocycles. The molecular weight excluding hydrogens is 302 g/mol. The quantitative estimate of drug-likeness (QED) is 0.873. The molecule has 3 N–H and O–H groups in total. The number of nitrogens with one attached hydrogen (secondary N) is 1. The fourth-order valence-corrected chi connectivity index (χ4v) is 3.24. The maximum Gasteiger partial charge on any atom is 0.0743 e. The van der Waals surface area contributed by atoms with E-state index in [1.165, 1.54) is 19.3 Å². The van der Waals surface area contributed by atoms with Crippen molar-refractivity contribution >= 4 is 38.2 Å². The summed E-state index contributed by atoms with van der Waals surface area (Å²) in [6.07, 6.45) is 5.48. The molecule has 1 heterocycles. The van der Waals surface area contributed by atoms with Crippen molar-refractivity contribution in [3.8, 4) is 0 Å². The average Bonchev–Trinajstić information content (AvgIpc) is 2.79. The van der Waals surface area contributed by atoms with Crippen LogP contribution in [0.15, 0.2) is 28.9 Å². The van der Waals surface area contributed by atoms with Crippen LogP contribution in [0.3, 0.4) is 0 Å². The van der Waals surface area contributed by atoms with Crippen molar-refractivity contribution in [3.05, 3.63) is 28.9 Å². The van der Waals surface area contributed by atoms with E-state index in [0.29, 0.717) is 6.04 Å². The van der Waals surface area contributed by atoms with Gasteiger partial charge in [0.2, 0.25) is 0 Å². The fraction of sp³-hybridized carbons (Fsp3) is 0.400. The summed E-state index contributed by atoms with van der Waals surface area (Å²) in [7, 11) is 0. The Kier molecular flexibility index (Phi) is 3.35. The van der Waals surface area contributed by atoms with Gasteiger partial charge in [-0.15, -0.1) is 0 Å². The zero-order chi connectivity index (χ0) is 13.4. The second kappa shape index (κ2) is 5.00. The Labute approximate surface area is 121 Å². The molecule has 1 saturated carbocycles. The normalized spacial score (nSPS) is 22.8. The van der Waals surface area contributed by atoms with Gasteiger partial charge in [-0.25, -0.2) is 0 Å². The first-order chi connectivity index (χ1) is 9.13. The third-order valence-corrected chi connectivity index (χ3v) is 4.40. The molecular formula is C15H18BrN3. The topological polar surface area (TPSA) is 50.9 Å². The number of benzene rings is 1. The van der Waals surface area contributed by atoms with Crippen molar-refractivity contribution in [3.63, 3.8) is 0 Å². The molecule has 2 unspecified atom stereocenters. The first kappa shape index (κ1) is 12.7. The van der Waals surface area contributed by atoms with Crippen molar-refractivity contribution in [2.45, 2.75) is 32.2 Å². The van der Waals surface area contributed by atoms with Crippen molar-refractivity contribution < 1.29 is 0 Å². The lowest BCUT2D eigenvalue weighted by Crippen LogP contribution is -2.16. The van der Waals surface area contributed by atoms with E-state index >= 15 is 0 Å². The molecule has 100 valence electrons. The number of hydrogen-bond donors (Lipinski definition) is 2. The van der Waals surface area contributed by atoms with Crippen molar-refractivity contribution in [1.29, 1.82) is 0 Å². The molecule has 1 aromatic heterocycles. The maximum atomic E-state index is 6.11. The molecule has 1 fully saturated rings. The Morgan fingerprint density at radius 2 is 2.21 bits per heavy atom. The molecule has 3 rings (SSSR count). The Hall–Kier alpha value is -1.29. The van der Waals surface area contributed by atoms with Gasteiger partial charge in [0, 0.05) is 15.9 Å². The lowest BCUT2D eigenvalue weighted by Gasteiger charge is -2.17. The SMILES string of the molecule is CC1CCC(Nc2c(N)cnc3ccc(Br)cc23)C1. The monoisotopic (exact) mass is 319 g/mol. The smallest absolute Gasteiger partial charge is 0.0743 e.